The smallest absolute Gasteiger partial charge is 0.272 e. The zero-order valence-electron chi connectivity index (χ0n) is 14.6. The number of nitrogen functional groups attached to an aromatic ring is 1. The predicted molar refractivity (Wildman–Crippen MR) is 96.5 cm³/mol. The molecule has 0 aliphatic heterocycles. The van der Waals surface area contributed by atoms with Gasteiger partial charge >= 0.3 is 0 Å². The number of halogens is 1. The van der Waals surface area contributed by atoms with E-state index in [1.54, 1.807) is 0 Å². The number of nitrogens with one attached hydrogen (secondary N) is 1. The highest BCUT2D eigenvalue weighted by Gasteiger charge is 2.34. The predicted octanol–water partition coefficient (Wildman–Crippen LogP) is 1.62. The number of amides is 1. The molecule has 144 valence electrons. The molecule has 1 amide bonds. The van der Waals surface area contributed by atoms with E-state index >= 15 is 0 Å². The standard InChI is InChI=1S/C18H20FN3O4S/c1-10(23)9-21-18(24)17-14(20)8-15(16(22-17)11-2-3-11)27(25,26)13-6-4-12(19)5-7-13/h4-8,10-11,23H,2-3,9,20H2,1H3,(H,21,24)/t10-/m0/s1. The van der Waals surface area contributed by atoms with E-state index in [0.29, 0.717) is 0 Å². The van der Waals surface area contributed by atoms with E-state index in [1.807, 2.05) is 0 Å². The Kier molecular flexibility index (Phi) is 5.16. The van der Waals surface area contributed by atoms with Crippen LogP contribution in [-0.4, -0.2) is 37.1 Å². The van der Waals surface area contributed by atoms with Crippen LogP contribution in [0.3, 0.4) is 0 Å². The number of aliphatic hydroxyl groups is 1. The van der Waals surface area contributed by atoms with Crippen molar-refractivity contribution < 1.29 is 22.7 Å². The molecule has 0 spiro atoms. The topological polar surface area (TPSA) is 122 Å². The fourth-order valence-corrected chi connectivity index (χ4v) is 4.15. The van der Waals surface area contributed by atoms with Gasteiger partial charge in [-0.2, -0.15) is 0 Å². The Balaban J connectivity index is 2.05. The van der Waals surface area contributed by atoms with Gasteiger partial charge in [0.15, 0.2) is 5.69 Å². The summed E-state index contributed by atoms with van der Waals surface area (Å²) in [6.07, 6.45) is 0.783. The molecule has 1 atom stereocenters. The number of benzene rings is 1. The van der Waals surface area contributed by atoms with E-state index < -0.39 is 27.7 Å². The van der Waals surface area contributed by atoms with Gasteiger partial charge in [0.2, 0.25) is 9.84 Å². The molecule has 1 aliphatic rings. The lowest BCUT2D eigenvalue weighted by molar-refractivity contribution is 0.0919. The largest absolute Gasteiger partial charge is 0.397 e. The average Bonchev–Trinajstić information content (AvgIpc) is 3.44. The normalized spacial score (nSPS) is 15.4. The highest BCUT2D eigenvalue weighted by molar-refractivity contribution is 7.91. The Bertz CT molecular complexity index is 971. The van der Waals surface area contributed by atoms with Gasteiger partial charge in [-0.3, -0.25) is 4.79 Å². The van der Waals surface area contributed by atoms with Crippen LogP contribution in [0.4, 0.5) is 10.1 Å². The van der Waals surface area contributed by atoms with Crippen LogP contribution in [0.1, 0.15) is 41.9 Å². The number of hydrogen-bond donors (Lipinski definition) is 3. The summed E-state index contributed by atoms with van der Waals surface area (Å²) in [4.78, 5) is 16.4. The van der Waals surface area contributed by atoms with Crippen molar-refractivity contribution in [3.8, 4) is 0 Å². The van der Waals surface area contributed by atoms with Gasteiger partial charge in [-0.1, -0.05) is 0 Å². The summed E-state index contributed by atoms with van der Waals surface area (Å²) >= 11 is 0. The third-order valence-corrected chi connectivity index (χ3v) is 5.99. The van der Waals surface area contributed by atoms with Crippen LogP contribution in [0.5, 0.6) is 0 Å². The molecule has 4 N–H and O–H groups in total. The fraction of sp³-hybridized carbons (Fsp3) is 0.333. The fourth-order valence-electron chi connectivity index (χ4n) is 2.63. The first-order chi connectivity index (χ1) is 12.7. The van der Waals surface area contributed by atoms with Crippen LogP contribution in [-0.2, 0) is 9.84 Å². The van der Waals surface area contributed by atoms with Gasteiger partial charge in [0.25, 0.3) is 5.91 Å². The molecule has 2 aromatic rings. The van der Waals surface area contributed by atoms with Gasteiger partial charge in [-0.15, -0.1) is 0 Å². The number of pyridine rings is 1. The minimum Gasteiger partial charge on any atom is -0.397 e. The summed E-state index contributed by atoms with van der Waals surface area (Å²) in [5.74, 6) is -1.20. The number of nitrogens with two attached hydrogens (primary N) is 1. The number of sulfone groups is 1. The van der Waals surface area contributed by atoms with Crippen molar-refractivity contribution in [1.29, 1.82) is 0 Å². The first kappa shape index (κ1) is 19.2. The molecule has 3 rings (SSSR count). The maximum absolute atomic E-state index is 13.1. The van der Waals surface area contributed by atoms with Crippen molar-refractivity contribution >= 4 is 21.4 Å². The molecular weight excluding hydrogens is 373 g/mol. The van der Waals surface area contributed by atoms with Gasteiger partial charge in [0, 0.05) is 12.5 Å². The third-order valence-electron chi connectivity index (χ3n) is 4.20. The van der Waals surface area contributed by atoms with E-state index in [-0.39, 0.29) is 39.3 Å². The molecule has 1 saturated carbocycles. The molecule has 1 fully saturated rings. The Hall–Kier alpha value is -2.52. The van der Waals surface area contributed by atoms with Crippen molar-refractivity contribution in [2.75, 3.05) is 12.3 Å². The van der Waals surface area contributed by atoms with Gasteiger partial charge < -0.3 is 16.2 Å². The lowest BCUT2D eigenvalue weighted by Crippen LogP contribution is -2.32. The van der Waals surface area contributed by atoms with Gasteiger partial charge in [0.1, 0.15) is 5.82 Å². The number of carbonyl (C=O) groups excluding carboxylic acids is 1. The number of carbonyl (C=O) groups is 1. The molecule has 0 bridgehead atoms. The zero-order chi connectivity index (χ0) is 19.8. The van der Waals surface area contributed by atoms with Crippen LogP contribution in [0.25, 0.3) is 0 Å². The van der Waals surface area contributed by atoms with E-state index in [2.05, 4.69) is 10.3 Å². The maximum atomic E-state index is 13.1. The molecule has 7 nitrogen and oxygen atoms in total. The summed E-state index contributed by atoms with van der Waals surface area (Å²) in [5, 5.41) is 11.8. The molecular formula is C18H20FN3O4S. The van der Waals surface area contributed by atoms with E-state index in [4.69, 9.17) is 5.73 Å². The lowest BCUT2D eigenvalue weighted by Gasteiger charge is -2.14. The lowest BCUT2D eigenvalue weighted by atomic mass is 10.2. The summed E-state index contributed by atoms with van der Waals surface area (Å²) in [6, 6.07) is 5.73. The number of anilines is 1. The molecule has 27 heavy (non-hydrogen) atoms. The summed E-state index contributed by atoms with van der Waals surface area (Å²) in [5.41, 5.74) is 6.04. The molecule has 9 heteroatoms. The Labute approximate surface area is 156 Å². The van der Waals surface area contributed by atoms with E-state index in [1.165, 1.54) is 25.1 Å². The quantitative estimate of drug-likeness (QED) is 0.641. The second-order valence-electron chi connectivity index (χ2n) is 6.60. The number of aromatic nitrogens is 1. The highest BCUT2D eigenvalue weighted by Crippen LogP contribution is 2.43. The highest BCUT2D eigenvalue weighted by atomic mass is 32.2. The molecule has 1 heterocycles. The minimum absolute atomic E-state index is 0.0222. The van der Waals surface area contributed by atoms with Crippen molar-refractivity contribution in [1.82, 2.24) is 10.3 Å². The monoisotopic (exact) mass is 393 g/mol. The molecule has 0 unspecified atom stereocenters. The van der Waals surface area contributed by atoms with E-state index in [0.717, 1.165) is 25.0 Å². The number of nitrogens with zero attached hydrogens (tertiary/aromatic N) is 1. The Morgan fingerprint density at radius 3 is 2.56 bits per heavy atom. The second-order valence-corrected chi connectivity index (χ2v) is 8.52. The minimum atomic E-state index is -3.96. The molecule has 1 aromatic heterocycles. The molecule has 0 saturated heterocycles. The number of aliphatic hydroxyl groups excluding tert-OH is 1. The summed E-state index contributed by atoms with van der Waals surface area (Å²) in [6.45, 7) is 1.54. The third kappa shape index (κ3) is 4.09. The van der Waals surface area contributed by atoms with Crippen LogP contribution in [0.2, 0.25) is 0 Å². The van der Waals surface area contributed by atoms with Crippen molar-refractivity contribution in [3.05, 3.63) is 47.5 Å². The zero-order valence-corrected chi connectivity index (χ0v) is 15.5. The van der Waals surface area contributed by atoms with Crippen molar-refractivity contribution in [2.24, 2.45) is 0 Å². The Morgan fingerprint density at radius 2 is 2.00 bits per heavy atom. The van der Waals surface area contributed by atoms with Crippen LogP contribution < -0.4 is 11.1 Å². The van der Waals surface area contributed by atoms with Crippen molar-refractivity contribution in [2.45, 2.75) is 41.6 Å². The van der Waals surface area contributed by atoms with Gasteiger partial charge in [-0.25, -0.2) is 17.8 Å². The summed E-state index contributed by atoms with van der Waals surface area (Å²) in [7, 11) is -3.96. The van der Waals surface area contributed by atoms with Crippen LogP contribution in [0.15, 0.2) is 40.1 Å². The average molecular weight is 393 g/mol. The number of hydrogen-bond acceptors (Lipinski definition) is 6. The first-order valence-electron chi connectivity index (χ1n) is 8.47. The van der Waals surface area contributed by atoms with Gasteiger partial charge in [0.05, 0.1) is 27.3 Å². The first-order valence-corrected chi connectivity index (χ1v) is 9.95. The maximum Gasteiger partial charge on any atom is 0.272 e. The van der Waals surface area contributed by atoms with Crippen LogP contribution >= 0.6 is 0 Å². The van der Waals surface area contributed by atoms with Crippen molar-refractivity contribution in [3.63, 3.8) is 0 Å². The second kappa shape index (κ2) is 7.24. The molecule has 0 radical (unpaired) electrons. The summed E-state index contributed by atoms with van der Waals surface area (Å²) < 4.78 is 39.1. The number of rotatable bonds is 6. The van der Waals surface area contributed by atoms with Gasteiger partial charge in [-0.05, 0) is 50.1 Å². The van der Waals surface area contributed by atoms with E-state index in [9.17, 15) is 22.7 Å². The van der Waals surface area contributed by atoms with Crippen LogP contribution in [0, 0.1) is 5.82 Å². The molecule has 1 aromatic carbocycles. The Morgan fingerprint density at radius 1 is 1.37 bits per heavy atom. The SMILES string of the molecule is C[C@H](O)CNC(=O)c1nc(C2CC2)c(S(=O)(=O)c2ccc(F)cc2)cc1N. The molecule has 1 aliphatic carbocycles.